The molecule has 21 heavy (non-hydrogen) atoms. The summed E-state index contributed by atoms with van der Waals surface area (Å²) in [6, 6.07) is 8.89. The molecule has 4 heteroatoms. The lowest BCUT2D eigenvalue weighted by molar-refractivity contribution is 0.0553. The summed E-state index contributed by atoms with van der Waals surface area (Å²) in [4.78, 5) is 2.47. The van der Waals surface area contributed by atoms with Crippen LogP contribution in [0.1, 0.15) is 30.9 Å². The number of hydrogen-bond donors (Lipinski definition) is 1. The van der Waals surface area contributed by atoms with E-state index >= 15 is 0 Å². The largest absolute Gasteiger partial charge is 0.381 e. The van der Waals surface area contributed by atoms with Gasteiger partial charge in [0.25, 0.3) is 0 Å². The van der Waals surface area contributed by atoms with Crippen molar-refractivity contribution in [2.24, 2.45) is 5.92 Å². The molecular weight excluding hydrogens is 328 g/mol. The molecule has 0 aromatic heterocycles. The molecule has 0 saturated carbocycles. The Hall–Kier alpha value is -0.420. The third kappa shape index (κ3) is 5.37. The minimum atomic E-state index is 0.401. The van der Waals surface area contributed by atoms with Crippen molar-refractivity contribution in [2.75, 3.05) is 40.4 Å². The summed E-state index contributed by atoms with van der Waals surface area (Å²) in [5, 5.41) is 3.44. The van der Waals surface area contributed by atoms with Crippen LogP contribution in [0.5, 0.6) is 0 Å². The average molecular weight is 355 g/mol. The minimum absolute atomic E-state index is 0.401. The van der Waals surface area contributed by atoms with E-state index in [-0.39, 0.29) is 0 Å². The van der Waals surface area contributed by atoms with Gasteiger partial charge in [-0.1, -0.05) is 34.1 Å². The number of benzene rings is 1. The fraction of sp³-hybridized carbons (Fsp3) is 0.647. The Balaban J connectivity index is 1.81. The van der Waals surface area contributed by atoms with Crippen LogP contribution in [0.15, 0.2) is 28.7 Å². The predicted octanol–water partition coefficient (Wildman–Crippen LogP) is 3.46. The maximum atomic E-state index is 5.43. The van der Waals surface area contributed by atoms with Crippen LogP contribution in [-0.4, -0.2) is 45.3 Å². The number of nitrogens with zero attached hydrogens (tertiary/aromatic N) is 1. The minimum Gasteiger partial charge on any atom is -0.381 e. The third-order valence-corrected chi connectivity index (χ3v) is 5.06. The Morgan fingerprint density at radius 1 is 1.33 bits per heavy atom. The first-order valence-electron chi connectivity index (χ1n) is 7.88. The number of rotatable bonds is 7. The van der Waals surface area contributed by atoms with Crippen LogP contribution < -0.4 is 5.32 Å². The molecule has 0 radical (unpaired) electrons. The summed E-state index contributed by atoms with van der Waals surface area (Å²) < 4.78 is 6.63. The highest BCUT2D eigenvalue weighted by molar-refractivity contribution is 9.10. The van der Waals surface area contributed by atoms with Crippen molar-refractivity contribution in [1.82, 2.24) is 10.2 Å². The van der Waals surface area contributed by atoms with E-state index in [0.29, 0.717) is 6.04 Å². The van der Waals surface area contributed by atoms with Crippen LogP contribution in [0.2, 0.25) is 0 Å². The zero-order valence-electron chi connectivity index (χ0n) is 13.1. The normalized spacial score (nSPS) is 18.1. The zero-order chi connectivity index (χ0) is 15.1. The highest BCUT2D eigenvalue weighted by Crippen LogP contribution is 2.25. The maximum Gasteiger partial charge on any atom is 0.0469 e. The van der Waals surface area contributed by atoms with Crippen LogP contribution in [0, 0.1) is 5.92 Å². The topological polar surface area (TPSA) is 24.5 Å². The Labute approximate surface area is 137 Å². The van der Waals surface area contributed by atoms with Gasteiger partial charge in [0.15, 0.2) is 0 Å². The molecule has 3 nitrogen and oxygen atoms in total. The third-order valence-electron chi connectivity index (χ3n) is 4.34. The Morgan fingerprint density at radius 2 is 2.05 bits per heavy atom. The summed E-state index contributed by atoms with van der Waals surface area (Å²) in [7, 11) is 4.28. The van der Waals surface area contributed by atoms with Gasteiger partial charge >= 0.3 is 0 Å². The van der Waals surface area contributed by atoms with Gasteiger partial charge < -0.3 is 15.0 Å². The summed E-state index contributed by atoms with van der Waals surface area (Å²) in [6.07, 6.45) is 3.55. The highest BCUT2D eigenvalue weighted by Gasteiger charge is 2.17. The fourth-order valence-corrected chi connectivity index (χ4v) is 3.58. The average Bonchev–Trinajstić information content (AvgIpc) is 2.50. The monoisotopic (exact) mass is 354 g/mol. The molecule has 1 unspecified atom stereocenters. The van der Waals surface area contributed by atoms with Gasteiger partial charge in [0.1, 0.15) is 0 Å². The number of nitrogens with one attached hydrogen (secondary N) is 1. The van der Waals surface area contributed by atoms with E-state index in [4.69, 9.17) is 4.74 Å². The van der Waals surface area contributed by atoms with Gasteiger partial charge in [0.05, 0.1) is 0 Å². The highest BCUT2D eigenvalue weighted by atomic mass is 79.9. The SMILES string of the molecule is CNC(CCN(C)CC1CCOCC1)c1ccccc1Br. The van der Waals surface area contributed by atoms with Crippen molar-refractivity contribution in [3.05, 3.63) is 34.3 Å². The molecule has 1 aliphatic heterocycles. The second kappa shape index (κ2) is 8.89. The molecule has 118 valence electrons. The number of ether oxygens (including phenoxy) is 1. The van der Waals surface area contributed by atoms with Gasteiger partial charge in [-0.3, -0.25) is 0 Å². The molecule has 1 aliphatic rings. The number of halogens is 1. The molecule has 0 amide bonds. The first-order chi connectivity index (χ1) is 10.2. The Morgan fingerprint density at radius 3 is 2.71 bits per heavy atom. The van der Waals surface area contributed by atoms with Gasteiger partial charge in [0.2, 0.25) is 0 Å². The van der Waals surface area contributed by atoms with Crippen LogP contribution in [0.3, 0.4) is 0 Å². The Bertz CT molecular complexity index is 421. The molecule has 1 heterocycles. The van der Waals surface area contributed by atoms with Crippen molar-refractivity contribution in [2.45, 2.75) is 25.3 Å². The Kier molecular flexibility index (Phi) is 7.17. The van der Waals surface area contributed by atoms with Crippen LogP contribution >= 0.6 is 15.9 Å². The molecular formula is C17H27BrN2O. The van der Waals surface area contributed by atoms with E-state index in [1.54, 1.807) is 0 Å². The van der Waals surface area contributed by atoms with Crippen molar-refractivity contribution in [3.63, 3.8) is 0 Å². The van der Waals surface area contributed by atoms with Crippen molar-refractivity contribution in [3.8, 4) is 0 Å². The smallest absolute Gasteiger partial charge is 0.0469 e. The quantitative estimate of drug-likeness (QED) is 0.811. The van der Waals surface area contributed by atoms with Crippen LogP contribution in [0.4, 0.5) is 0 Å². The van der Waals surface area contributed by atoms with E-state index in [1.165, 1.54) is 29.4 Å². The van der Waals surface area contributed by atoms with Crippen LogP contribution in [-0.2, 0) is 4.74 Å². The number of hydrogen-bond acceptors (Lipinski definition) is 3. The van der Waals surface area contributed by atoms with Crippen molar-refractivity contribution < 1.29 is 4.74 Å². The lowest BCUT2D eigenvalue weighted by atomic mass is 9.99. The standard InChI is InChI=1S/C17H27BrN2O/c1-19-17(15-5-3-4-6-16(15)18)7-10-20(2)13-14-8-11-21-12-9-14/h3-6,14,17,19H,7-13H2,1-2H3. The second-order valence-electron chi connectivity index (χ2n) is 5.97. The molecule has 1 aromatic rings. The van der Waals surface area contributed by atoms with Crippen LogP contribution in [0.25, 0.3) is 0 Å². The zero-order valence-corrected chi connectivity index (χ0v) is 14.7. The van der Waals surface area contributed by atoms with Gasteiger partial charge in [0, 0.05) is 30.3 Å². The maximum absolute atomic E-state index is 5.43. The predicted molar refractivity (Wildman–Crippen MR) is 91.6 cm³/mol. The summed E-state index contributed by atoms with van der Waals surface area (Å²) in [5.41, 5.74) is 1.35. The van der Waals surface area contributed by atoms with Crippen molar-refractivity contribution >= 4 is 15.9 Å². The first kappa shape index (κ1) is 16.9. The molecule has 1 N–H and O–H groups in total. The van der Waals surface area contributed by atoms with Gasteiger partial charge in [-0.25, -0.2) is 0 Å². The summed E-state index contributed by atoms with van der Waals surface area (Å²) in [5.74, 6) is 0.806. The molecule has 1 atom stereocenters. The molecule has 1 fully saturated rings. The lowest BCUT2D eigenvalue weighted by Crippen LogP contribution is -2.32. The summed E-state index contributed by atoms with van der Waals surface area (Å²) in [6.45, 7) is 4.18. The lowest BCUT2D eigenvalue weighted by Gasteiger charge is -2.28. The van der Waals surface area contributed by atoms with E-state index < -0.39 is 0 Å². The van der Waals surface area contributed by atoms with Gasteiger partial charge in [-0.2, -0.15) is 0 Å². The summed E-state index contributed by atoms with van der Waals surface area (Å²) >= 11 is 3.66. The molecule has 1 aromatic carbocycles. The fourth-order valence-electron chi connectivity index (χ4n) is 3.02. The van der Waals surface area contributed by atoms with Gasteiger partial charge in [-0.15, -0.1) is 0 Å². The molecule has 0 aliphatic carbocycles. The van der Waals surface area contributed by atoms with E-state index in [1.807, 2.05) is 7.05 Å². The molecule has 2 rings (SSSR count). The molecule has 0 spiro atoms. The molecule has 0 bridgehead atoms. The van der Waals surface area contributed by atoms with E-state index in [9.17, 15) is 0 Å². The van der Waals surface area contributed by atoms with Crippen molar-refractivity contribution in [1.29, 1.82) is 0 Å². The first-order valence-corrected chi connectivity index (χ1v) is 8.68. The molecule has 1 saturated heterocycles. The van der Waals surface area contributed by atoms with E-state index in [0.717, 1.165) is 32.1 Å². The van der Waals surface area contributed by atoms with Gasteiger partial charge in [-0.05, 0) is 57.5 Å². The van der Waals surface area contributed by atoms with E-state index in [2.05, 4.69) is 57.5 Å². The second-order valence-corrected chi connectivity index (χ2v) is 6.82.